The lowest BCUT2D eigenvalue weighted by Gasteiger charge is -2.17. The van der Waals surface area contributed by atoms with E-state index >= 15 is 0 Å². The van der Waals surface area contributed by atoms with Crippen LogP contribution < -0.4 is 4.90 Å². The number of ether oxygens (including phenoxy) is 1. The van der Waals surface area contributed by atoms with Crippen molar-refractivity contribution in [3.8, 4) is 0 Å². The number of aromatic amines is 1. The molecule has 3 aromatic rings. The largest absolute Gasteiger partial charge is 0.383 e. The van der Waals surface area contributed by atoms with Crippen LogP contribution in [0.4, 0.5) is 5.69 Å². The Bertz CT molecular complexity index is 1030. The fraction of sp³-hybridized carbons (Fsp3) is 0.333. The van der Waals surface area contributed by atoms with Crippen LogP contribution >= 0.6 is 0 Å². The number of anilines is 1. The Morgan fingerprint density at radius 3 is 3.00 bits per heavy atom. The number of hydrogen-bond donors (Lipinski definition) is 1. The molecule has 5 nitrogen and oxygen atoms in total. The molecule has 2 unspecified atom stereocenters. The summed E-state index contributed by atoms with van der Waals surface area (Å²) in [7, 11) is 1.67. The Morgan fingerprint density at radius 2 is 2.15 bits per heavy atom. The van der Waals surface area contributed by atoms with E-state index in [9.17, 15) is 4.79 Å². The average Bonchev–Trinajstić information content (AvgIpc) is 3.26. The summed E-state index contributed by atoms with van der Waals surface area (Å²) in [6, 6.07) is 14.6. The molecule has 132 valence electrons. The molecule has 26 heavy (non-hydrogen) atoms. The molecule has 1 saturated carbocycles. The van der Waals surface area contributed by atoms with Crippen LogP contribution in [0.3, 0.4) is 0 Å². The number of hydrogen-bond acceptors (Lipinski definition) is 3. The number of nitrogens with zero attached hydrogens (tertiary/aromatic N) is 2. The molecular formula is C21H21N3O2. The van der Waals surface area contributed by atoms with E-state index in [2.05, 4.69) is 34.5 Å². The molecule has 2 aliphatic rings. The van der Waals surface area contributed by atoms with Gasteiger partial charge in [-0.3, -0.25) is 9.89 Å². The van der Waals surface area contributed by atoms with Crippen LogP contribution in [0.1, 0.15) is 29.2 Å². The molecular weight excluding hydrogens is 326 g/mol. The third kappa shape index (κ3) is 1.95. The highest BCUT2D eigenvalue weighted by Gasteiger charge is 2.67. The molecule has 1 fully saturated rings. The number of fused-ring (bicyclic) bond motifs is 3. The van der Waals surface area contributed by atoms with Crippen molar-refractivity contribution in [3.63, 3.8) is 0 Å². The molecule has 1 amide bonds. The zero-order valence-electron chi connectivity index (χ0n) is 15.0. The van der Waals surface area contributed by atoms with Crippen LogP contribution in [0.2, 0.25) is 0 Å². The summed E-state index contributed by atoms with van der Waals surface area (Å²) in [5.74, 6) is 0.421. The Hall–Kier alpha value is -2.66. The van der Waals surface area contributed by atoms with E-state index in [0.717, 1.165) is 34.3 Å². The number of benzene rings is 2. The van der Waals surface area contributed by atoms with Gasteiger partial charge < -0.3 is 9.64 Å². The zero-order chi connectivity index (χ0) is 17.9. The van der Waals surface area contributed by atoms with E-state index < -0.39 is 5.41 Å². The molecule has 1 aromatic heterocycles. The lowest BCUT2D eigenvalue weighted by molar-refractivity contribution is -0.120. The fourth-order valence-electron chi connectivity index (χ4n) is 4.54. The summed E-state index contributed by atoms with van der Waals surface area (Å²) in [6.07, 6.45) is 0.862. The first kappa shape index (κ1) is 15.6. The molecule has 1 N–H and O–H groups in total. The first-order chi connectivity index (χ1) is 12.7. The van der Waals surface area contributed by atoms with Crippen LogP contribution in [0.25, 0.3) is 10.9 Å². The maximum Gasteiger partial charge on any atom is 0.238 e. The Balaban J connectivity index is 1.56. The normalized spacial score (nSPS) is 23.8. The number of para-hydroxylation sites is 1. The minimum absolute atomic E-state index is 0.207. The molecule has 0 bridgehead atoms. The lowest BCUT2D eigenvalue weighted by Crippen LogP contribution is -2.35. The summed E-state index contributed by atoms with van der Waals surface area (Å²) in [4.78, 5) is 15.3. The van der Waals surface area contributed by atoms with E-state index in [4.69, 9.17) is 4.74 Å². The Kier molecular flexibility index (Phi) is 3.25. The van der Waals surface area contributed by atoms with Crippen molar-refractivity contribution in [2.24, 2.45) is 0 Å². The van der Waals surface area contributed by atoms with E-state index in [0.29, 0.717) is 13.2 Å². The van der Waals surface area contributed by atoms with Crippen molar-refractivity contribution in [1.29, 1.82) is 0 Å². The molecule has 2 heterocycles. The first-order valence-corrected chi connectivity index (χ1v) is 9.02. The molecule has 5 heteroatoms. The number of nitrogens with one attached hydrogen (secondary N) is 1. The second kappa shape index (κ2) is 5.42. The van der Waals surface area contributed by atoms with Gasteiger partial charge in [0.2, 0.25) is 5.91 Å². The number of methoxy groups -OCH3 is 1. The minimum Gasteiger partial charge on any atom is -0.383 e. The SMILES string of the molecule is COCCN1C(=O)C2(CC2c2ccc3c(C)[nH]nc3c2)c2ccccc21. The molecule has 1 spiro atoms. The molecule has 0 saturated heterocycles. The average molecular weight is 347 g/mol. The zero-order valence-corrected chi connectivity index (χ0v) is 15.0. The van der Waals surface area contributed by atoms with Gasteiger partial charge in [-0.25, -0.2) is 0 Å². The standard InChI is InChI=1S/C21H21N3O2/c1-13-15-8-7-14(11-18(15)23-22-13)17-12-21(17)16-5-3-4-6-19(16)24(20(21)25)9-10-26-2/h3-8,11,17H,9-10,12H2,1-2H3,(H,22,23). The smallest absolute Gasteiger partial charge is 0.238 e. The van der Waals surface area contributed by atoms with Crippen LogP contribution in [0.5, 0.6) is 0 Å². The van der Waals surface area contributed by atoms with Crippen molar-refractivity contribution in [3.05, 3.63) is 59.3 Å². The third-order valence-electron chi connectivity index (χ3n) is 5.95. The lowest BCUT2D eigenvalue weighted by atomic mass is 9.92. The molecule has 1 aliphatic heterocycles. The topological polar surface area (TPSA) is 58.2 Å². The van der Waals surface area contributed by atoms with Gasteiger partial charge in [0.15, 0.2) is 0 Å². The van der Waals surface area contributed by atoms with Gasteiger partial charge in [0.25, 0.3) is 0 Å². The highest BCUT2D eigenvalue weighted by Crippen LogP contribution is 2.66. The predicted molar refractivity (Wildman–Crippen MR) is 101 cm³/mol. The highest BCUT2D eigenvalue weighted by molar-refractivity contribution is 6.11. The van der Waals surface area contributed by atoms with Gasteiger partial charge in [0.05, 0.1) is 17.5 Å². The Labute approximate surface area is 152 Å². The maximum absolute atomic E-state index is 13.4. The van der Waals surface area contributed by atoms with E-state index in [1.54, 1.807) is 7.11 Å². The summed E-state index contributed by atoms with van der Waals surface area (Å²) in [6.45, 7) is 3.16. The number of rotatable bonds is 4. The number of aromatic nitrogens is 2. The Morgan fingerprint density at radius 1 is 1.31 bits per heavy atom. The summed E-state index contributed by atoms with van der Waals surface area (Å²) in [5.41, 5.74) is 5.02. The van der Waals surface area contributed by atoms with Crippen molar-refractivity contribution in [1.82, 2.24) is 10.2 Å². The van der Waals surface area contributed by atoms with Gasteiger partial charge in [-0.15, -0.1) is 0 Å². The number of amides is 1. The monoisotopic (exact) mass is 347 g/mol. The molecule has 2 aromatic carbocycles. The first-order valence-electron chi connectivity index (χ1n) is 9.02. The fourth-order valence-corrected chi connectivity index (χ4v) is 4.54. The molecule has 2 atom stereocenters. The second-order valence-corrected chi connectivity index (χ2v) is 7.32. The molecule has 5 rings (SSSR count). The number of carbonyl (C=O) groups is 1. The van der Waals surface area contributed by atoms with Crippen LogP contribution in [0, 0.1) is 6.92 Å². The van der Waals surface area contributed by atoms with Gasteiger partial charge in [0, 0.05) is 36.3 Å². The number of aryl methyl sites for hydroxylation is 1. The third-order valence-corrected chi connectivity index (χ3v) is 5.95. The van der Waals surface area contributed by atoms with E-state index in [1.165, 1.54) is 5.56 Å². The van der Waals surface area contributed by atoms with E-state index in [-0.39, 0.29) is 11.8 Å². The van der Waals surface area contributed by atoms with Gasteiger partial charge in [-0.2, -0.15) is 5.10 Å². The van der Waals surface area contributed by atoms with E-state index in [1.807, 2.05) is 30.0 Å². The minimum atomic E-state index is -0.413. The quantitative estimate of drug-likeness (QED) is 0.788. The van der Waals surface area contributed by atoms with Gasteiger partial charge in [0.1, 0.15) is 0 Å². The van der Waals surface area contributed by atoms with Crippen molar-refractivity contribution < 1.29 is 9.53 Å². The van der Waals surface area contributed by atoms with Gasteiger partial charge in [-0.1, -0.05) is 30.3 Å². The summed E-state index contributed by atoms with van der Waals surface area (Å²) >= 11 is 0. The summed E-state index contributed by atoms with van der Waals surface area (Å²) in [5, 5.41) is 8.57. The second-order valence-electron chi connectivity index (χ2n) is 7.32. The van der Waals surface area contributed by atoms with Gasteiger partial charge in [-0.05, 0) is 36.6 Å². The summed E-state index contributed by atoms with van der Waals surface area (Å²) < 4.78 is 5.21. The molecule has 0 radical (unpaired) electrons. The predicted octanol–water partition coefficient (Wildman–Crippen LogP) is 3.29. The number of carbonyl (C=O) groups excluding carboxylic acids is 1. The van der Waals surface area contributed by atoms with Gasteiger partial charge >= 0.3 is 0 Å². The van der Waals surface area contributed by atoms with Crippen molar-refractivity contribution >= 4 is 22.5 Å². The van der Waals surface area contributed by atoms with Crippen LogP contribution in [-0.4, -0.2) is 36.4 Å². The van der Waals surface area contributed by atoms with Crippen LogP contribution in [-0.2, 0) is 14.9 Å². The molecule has 1 aliphatic carbocycles. The van der Waals surface area contributed by atoms with Crippen LogP contribution in [0.15, 0.2) is 42.5 Å². The maximum atomic E-state index is 13.4. The number of H-pyrrole nitrogens is 1. The van der Waals surface area contributed by atoms with Crippen molar-refractivity contribution in [2.75, 3.05) is 25.2 Å². The van der Waals surface area contributed by atoms with Crippen molar-refractivity contribution in [2.45, 2.75) is 24.7 Å². The highest BCUT2D eigenvalue weighted by atomic mass is 16.5.